The monoisotopic (exact) mass is 438 g/mol. The Morgan fingerprint density at radius 2 is 1.58 bits per heavy atom. The summed E-state index contributed by atoms with van der Waals surface area (Å²) in [7, 11) is -4.00. The van der Waals surface area contributed by atoms with Crippen LogP contribution in [0, 0.1) is 5.82 Å². The van der Waals surface area contributed by atoms with E-state index in [4.69, 9.17) is 0 Å². The topological polar surface area (TPSA) is 66.5 Å². The number of carbonyl (C=O) groups is 1. The highest BCUT2D eigenvalue weighted by Crippen LogP contribution is 2.20. The predicted molar refractivity (Wildman–Crippen MR) is 116 cm³/mol. The summed E-state index contributed by atoms with van der Waals surface area (Å²) in [6.07, 6.45) is 0.947. The fraction of sp³-hybridized carbons (Fsp3) is 0.208. The molecule has 1 heterocycles. The molecule has 0 aliphatic carbocycles. The molecular weight excluding hydrogens is 415 g/mol. The van der Waals surface area contributed by atoms with Gasteiger partial charge in [0.15, 0.2) is 0 Å². The van der Waals surface area contributed by atoms with Crippen molar-refractivity contribution < 1.29 is 17.6 Å². The zero-order valence-corrected chi connectivity index (χ0v) is 17.7. The van der Waals surface area contributed by atoms with Crippen LogP contribution in [0.4, 0.5) is 4.39 Å². The number of benzene rings is 3. The lowest BCUT2D eigenvalue weighted by molar-refractivity contribution is -0.133. The zero-order valence-electron chi connectivity index (χ0n) is 16.9. The van der Waals surface area contributed by atoms with Gasteiger partial charge in [-0.3, -0.25) is 4.79 Å². The van der Waals surface area contributed by atoms with Crippen molar-refractivity contribution in [1.29, 1.82) is 0 Å². The third-order valence-electron chi connectivity index (χ3n) is 5.44. The minimum absolute atomic E-state index is 0.0799. The molecule has 4 rings (SSSR count). The Labute approximate surface area is 181 Å². The Morgan fingerprint density at radius 3 is 2.29 bits per heavy atom. The van der Waals surface area contributed by atoms with Crippen molar-refractivity contribution in [2.45, 2.75) is 30.3 Å². The third-order valence-corrected chi connectivity index (χ3v) is 6.93. The van der Waals surface area contributed by atoms with E-state index in [2.05, 4.69) is 10.8 Å². The smallest absolute Gasteiger partial charge is 0.241 e. The number of sulfonamides is 1. The average molecular weight is 439 g/mol. The van der Waals surface area contributed by atoms with E-state index in [1.807, 2.05) is 48.5 Å². The van der Waals surface area contributed by atoms with Gasteiger partial charge in [0.25, 0.3) is 0 Å². The molecule has 0 aromatic heterocycles. The van der Waals surface area contributed by atoms with Crippen LogP contribution < -0.4 is 4.72 Å². The summed E-state index contributed by atoms with van der Waals surface area (Å²) >= 11 is 0. The lowest BCUT2D eigenvalue weighted by Gasteiger charge is -2.32. The fourth-order valence-corrected chi connectivity index (χ4v) is 4.99. The van der Waals surface area contributed by atoms with Gasteiger partial charge in [0.05, 0.1) is 4.90 Å². The molecule has 1 aliphatic rings. The number of nitrogens with zero attached hydrogens (tertiary/aromatic N) is 1. The van der Waals surface area contributed by atoms with Gasteiger partial charge in [0, 0.05) is 13.1 Å². The second-order valence-corrected chi connectivity index (χ2v) is 9.31. The number of rotatable bonds is 6. The molecule has 0 radical (unpaired) electrons. The molecule has 0 bridgehead atoms. The molecule has 3 aromatic carbocycles. The van der Waals surface area contributed by atoms with Crippen molar-refractivity contribution in [3.8, 4) is 0 Å². The first-order valence-electron chi connectivity index (χ1n) is 10.1. The Balaban J connectivity index is 1.60. The molecule has 0 unspecified atom stereocenters. The summed E-state index contributed by atoms with van der Waals surface area (Å²) in [5.41, 5.74) is 3.13. The van der Waals surface area contributed by atoms with Crippen LogP contribution in [0.1, 0.15) is 16.7 Å². The van der Waals surface area contributed by atoms with Crippen molar-refractivity contribution in [3.63, 3.8) is 0 Å². The highest BCUT2D eigenvalue weighted by atomic mass is 32.2. The Morgan fingerprint density at radius 1 is 0.935 bits per heavy atom. The van der Waals surface area contributed by atoms with E-state index in [9.17, 15) is 17.6 Å². The highest BCUT2D eigenvalue weighted by Gasteiger charge is 2.31. The van der Waals surface area contributed by atoms with Crippen LogP contribution in [-0.2, 0) is 34.2 Å². The molecule has 1 amide bonds. The number of hydrogen-bond donors (Lipinski definition) is 1. The van der Waals surface area contributed by atoms with E-state index >= 15 is 0 Å². The Hall–Kier alpha value is -3.03. The number of amides is 1. The molecule has 1 atom stereocenters. The molecule has 0 spiro atoms. The largest absolute Gasteiger partial charge is 0.337 e. The van der Waals surface area contributed by atoms with E-state index in [-0.39, 0.29) is 17.2 Å². The van der Waals surface area contributed by atoms with Crippen LogP contribution >= 0.6 is 0 Å². The van der Waals surface area contributed by atoms with Gasteiger partial charge < -0.3 is 4.90 Å². The van der Waals surface area contributed by atoms with Crippen LogP contribution in [-0.4, -0.2) is 31.8 Å². The van der Waals surface area contributed by atoms with Crippen molar-refractivity contribution >= 4 is 15.9 Å². The van der Waals surface area contributed by atoms with Gasteiger partial charge in [-0.25, -0.2) is 12.8 Å². The molecular formula is C24H23FN2O3S. The summed E-state index contributed by atoms with van der Waals surface area (Å²) in [5, 5.41) is 0. The number of hydrogen-bond acceptors (Lipinski definition) is 3. The molecule has 31 heavy (non-hydrogen) atoms. The van der Waals surface area contributed by atoms with E-state index in [1.54, 1.807) is 4.90 Å². The lowest BCUT2D eigenvalue weighted by Crippen LogP contribution is -2.50. The summed E-state index contributed by atoms with van der Waals surface area (Å²) in [4.78, 5) is 15.0. The first kappa shape index (κ1) is 21.2. The second kappa shape index (κ2) is 8.99. The highest BCUT2D eigenvalue weighted by molar-refractivity contribution is 7.89. The Bertz CT molecular complexity index is 1160. The molecule has 1 aliphatic heterocycles. The van der Waals surface area contributed by atoms with Gasteiger partial charge in [0.2, 0.25) is 15.9 Å². The van der Waals surface area contributed by atoms with Gasteiger partial charge in [0.1, 0.15) is 11.9 Å². The van der Waals surface area contributed by atoms with Crippen molar-refractivity contribution in [2.24, 2.45) is 0 Å². The molecule has 3 aromatic rings. The van der Waals surface area contributed by atoms with Gasteiger partial charge in [-0.1, -0.05) is 54.6 Å². The third kappa shape index (κ3) is 5.00. The molecule has 7 heteroatoms. The average Bonchev–Trinajstić information content (AvgIpc) is 2.78. The fourth-order valence-electron chi connectivity index (χ4n) is 3.80. The minimum atomic E-state index is -4.00. The summed E-state index contributed by atoms with van der Waals surface area (Å²) in [6.45, 7) is 0.970. The van der Waals surface area contributed by atoms with E-state index in [0.717, 1.165) is 29.7 Å². The quantitative estimate of drug-likeness (QED) is 0.642. The first-order valence-corrected chi connectivity index (χ1v) is 11.6. The van der Waals surface area contributed by atoms with Gasteiger partial charge in [-0.05, 0) is 53.8 Å². The predicted octanol–water partition coefficient (Wildman–Crippen LogP) is 3.30. The second-order valence-electron chi connectivity index (χ2n) is 7.60. The molecule has 5 nitrogen and oxygen atoms in total. The van der Waals surface area contributed by atoms with Crippen molar-refractivity contribution in [2.75, 3.05) is 6.54 Å². The number of fused-ring (bicyclic) bond motifs is 1. The standard InChI is InChI=1S/C24H23FN2O3S/c25-21-10-12-22(13-11-21)31(29,30)26-23(16-18-6-2-1-3-7-18)24(28)27-15-14-19-8-4-5-9-20(19)17-27/h1-13,23,26H,14-17H2/t23-/m0/s1. The van der Waals surface area contributed by atoms with Crippen LogP contribution in [0.3, 0.4) is 0 Å². The van der Waals surface area contributed by atoms with Gasteiger partial charge >= 0.3 is 0 Å². The molecule has 1 N–H and O–H groups in total. The van der Waals surface area contributed by atoms with Crippen LogP contribution in [0.5, 0.6) is 0 Å². The summed E-state index contributed by atoms with van der Waals surface area (Å²) in [5.74, 6) is -0.799. The SMILES string of the molecule is O=C([C@H](Cc1ccccc1)NS(=O)(=O)c1ccc(F)cc1)N1CCc2ccccc2C1. The summed E-state index contributed by atoms with van der Waals surface area (Å²) < 4.78 is 41.6. The molecule has 0 fully saturated rings. The number of halogens is 1. The van der Waals surface area contributed by atoms with E-state index in [0.29, 0.717) is 13.1 Å². The van der Waals surface area contributed by atoms with Gasteiger partial charge in [-0.2, -0.15) is 4.72 Å². The number of carbonyl (C=O) groups excluding carboxylic acids is 1. The maximum atomic E-state index is 13.4. The Kier molecular flexibility index (Phi) is 6.15. The maximum Gasteiger partial charge on any atom is 0.241 e. The van der Waals surface area contributed by atoms with Crippen LogP contribution in [0.2, 0.25) is 0 Å². The summed E-state index contributed by atoms with van der Waals surface area (Å²) in [6, 6.07) is 20.8. The molecule has 0 saturated carbocycles. The van der Waals surface area contributed by atoms with Crippen molar-refractivity contribution in [1.82, 2.24) is 9.62 Å². The van der Waals surface area contributed by atoms with Crippen LogP contribution in [0.15, 0.2) is 83.8 Å². The van der Waals surface area contributed by atoms with Crippen LogP contribution in [0.25, 0.3) is 0 Å². The minimum Gasteiger partial charge on any atom is -0.337 e. The van der Waals surface area contributed by atoms with E-state index in [1.165, 1.54) is 17.7 Å². The zero-order chi connectivity index (χ0) is 21.8. The van der Waals surface area contributed by atoms with Gasteiger partial charge in [-0.15, -0.1) is 0 Å². The van der Waals surface area contributed by atoms with E-state index < -0.39 is 21.9 Å². The van der Waals surface area contributed by atoms with Crippen molar-refractivity contribution in [3.05, 3.63) is 101 Å². The number of nitrogens with one attached hydrogen (secondary N) is 1. The maximum absolute atomic E-state index is 13.4. The molecule has 160 valence electrons. The molecule has 0 saturated heterocycles. The lowest BCUT2D eigenvalue weighted by atomic mass is 9.98. The normalized spacial score (nSPS) is 14.7. The first-order chi connectivity index (χ1) is 14.9.